The predicted octanol–water partition coefficient (Wildman–Crippen LogP) is -10.4. The first kappa shape index (κ1) is 48.3. The second-order valence-electron chi connectivity index (χ2n) is 2.57. The number of rotatable bonds is 0. The van der Waals surface area contributed by atoms with Gasteiger partial charge < -0.3 is 76.3 Å². The van der Waals surface area contributed by atoms with Gasteiger partial charge >= 0.3 is 142 Å². The zero-order chi connectivity index (χ0) is 22.5. The maximum absolute atomic E-state index is 8.88. The number of hydrogen-bond acceptors (Lipinski definition) is 5. The van der Waals surface area contributed by atoms with Crippen LogP contribution in [-0.2, 0) is 22.8 Å². The minimum absolute atomic E-state index is 0. The van der Waals surface area contributed by atoms with Gasteiger partial charge in [-0.15, -0.1) is 0 Å². The summed E-state index contributed by atoms with van der Waals surface area (Å²) in [4.78, 5) is 108. The van der Waals surface area contributed by atoms with Gasteiger partial charge in [-0.3, -0.25) is 0 Å². The molecule has 15 N–H and O–H groups in total. The van der Waals surface area contributed by atoms with Crippen LogP contribution in [0.25, 0.3) is 0 Å². The molecule has 0 fully saturated rings. The van der Waals surface area contributed by atoms with Crippen molar-refractivity contribution in [2.75, 3.05) is 0 Å². The Morgan fingerprint density at radius 2 is 0.296 bits per heavy atom. The average molecular weight is 570 g/mol. The van der Waals surface area contributed by atoms with Crippen LogP contribution in [0.5, 0.6) is 0 Å². The predicted molar refractivity (Wildman–Crippen MR) is 73.5 cm³/mol. The van der Waals surface area contributed by atoms with E-state index >= 15 is 0 Å². The molecular weight excluding hydrogens is 553 g/mol. The molecule has 0 unspecified atom stereocenters. The smallest absolute Gasteiger partial charge is 1.00 e. The fourth-order valence-electron chi connectivity index (χ4n) is 0. The Bertz CT molecular complexity index is 386. The van der Waals surface area contributed by atoms with E-state index in [0.29, 0.717) is 0 Å². The van der Waals surface area contributed by atoms with Crippen molar-refractivity contribution in [3.8, 4) is 0 Å². The van der Waals surface area contributed by atoms with Crippen molar-refractivity contribution in [1.29, 1.82) is 0 Å². The molecule has 0 spiro atoms. The largest absolute Gasteiger partial charge is 1.00 e. The Hall–Kier alpha value is 3.82. The first-order valence-corrected chi connectivity index (χ1v) is 11.7. The zero-order valence-electron chi connectivity index (χ0n) is 15.0. The van der Waals surface area contributed by atoms with Crippen LogP contribution >= 0.6 is 39.1 Å². The van der Waals surface area contributed by atoms with E-state index in [1.807, 2.05) is 0 Å². The van der Waals surface area contributed by atoms with Crippen LogP contribution in [0.3, 0.4) is 0 Å². The minimum atomic E-state index is -4.64. The molecule has 0 aliphatic rings. The summed E-state index contributed by atoms with van der Waals surface area (Å²) in [5, 5.41) is 0. The summed E-state index contributed by atoms with van der Waals surface area (Å²) >= 11 is 0. The van der Waals surface area contributed by atoms with Crippen LogP contribution in [0, 0.1) is 0 Å². The maximum Gasteiger partial charge on any atom is 1.00 e. The van der Waals surface area contributed by atoms with Crippen molar-refractivity contribution in [3.63, 3.8) is 0 Å². The summed E-state index contributed by atoms with van der Waals surface area (Å²) in [7, 11) is -23.2. The fourth-order valence-corrected chi connectivity index (χ4v) is 0. The van der Waals surface area contributed by atoms with Crippen molar-refractivity contribution in [1.82, 2.24) is 0 Å². The first-order chi connectivity index (χ1) is 10.0. The third-order valence-electron chi connectivity index (χ3n) is 0. The molecular formula is H17K2O20P5. The van der Waals surface area contributed by atoms with Crippen molar-refractivity contribution >= 4 is 39.1 Å². The quantitative estimate of drug-likeness (QED) is 0.0949. The van der Waals surface area contributed by atoms with Gasteiger partial charge in [0, 0.05) is 0 Å². The van der Waals surface area contributed by atoms with E-state index in [1.165, 1.54) is 0 Å². The van der Waals surface area contributed by atoms with Gasteiger partial charge in [-0.2, -0.15) is 0 Å². The number of hydrogen-bond donors (Lipinski definition) is 15. The van der Waals surface area contributed by atoms with E-state index < -0.39 is 39.1 Å². The molecule has 164 valence electrons. The molecule has 0 saturated carbocycles. The summed E-state index contributed by atoms with van der Waals surface area (Å²) in [6.45, 7) is 0. The third kappa shape index (κ3) is 1580. The van der Waals surface area contributed by atoms with E-state index in [2.05, 4.69) is 0 Å². The molecule has 0 atom stereocenters. The molecule has 27 heavy (non-hydrogen) atoms. The topological polar surface area (TPSA) is 389 Å². The van der Waals surface area contributed by atoms with E-state index in [-0.39, 0.29) is 106 Å². The Labute approximate surface area is 237 Å². The Morgan fingerprint density at radius 1 is 0.296 bits per heavy atom. The minimum Gasteiger partial charge on any atom is -1.00 e. The van der Waals surface area contributed by atoms with Crippen LogP contribution < -0.4 is 103 Å². The summed E-state index contributed by atoms with van der Waals surface area (Å²) in [5.41, 5.74) is 0. The molecule has 0 rings (SSSR count). The van der Waals surface area contributed by atoms with Gasteiger partial charge in [-0.25, -0.2) is 22.8 Å². The van der Waals surface area contributed by atoms with Gasteiger partial charge in [0.1, 0.15) is 0 Å². The molecule has 0 amide bonds. The Kier molecular flexibility index (Phi) is 38.7. The second kappa shape index (κ2) is 21.7. The molecule has 0 aromatic carbocycles. The zero-order valence-corrected chi connectivity index (χ0v) is 23.7. The van der Waals surface area contributed by atoms with Gasteiger partial charge in [0.2, 0.25) is 0 Å². The van der Waals surface area contributed by atoms with Crippen molar-refractivity contribution in [2.24, 2.45) is 0 Å². The van der Waals surface area contributed by atoms with Crippen LogP contribution in [0.2, 0.25) is 0 Å². The van der Waals surface area contributed by atoms with Crippen LogP contribution in [-0.4, -0.2) is 73.4 Å². The molecule has 0 aromatic rings. The van der Waals surface area contributed by atoms with Crippen molar-refractivity contribution in [3.05, 3.63) is 0 Å². The van der Waals surface area contributed by atoms with Gasteiger partial charge in [-0.05, 0) is 0 Å². The standard InChI is InChI=1S/2K.5H3O4P.2H/c;;5*1-5(2,3)4;;/h;;5*(H3,1,2,3,4);;/q2*+1;;;;;;2*-1. The molecule has 0 radical (unpaired) electrons. The van der Waals surface area contributed by atoms with Crippen molar-refractivity contribution in [2.45, 2.75) is 0 Å². The molecule has 0 aromatic heterocycles. The Morgan fingerprint density at radius 3 is 0.296 bits per heavy atom. The SMILES string of the molecule is O=P(O)(O)O.O=P(O)(O)O.O=P(O)(O)O.O=P(O)(O)O.O=P(O)(O)O.[H-].[H-].[K+].[K+]. The van der Waals surface area contributed by atoms with Gasteiger partial charge in [0.15, 0.2) is 0 Å². The van der Waals surface area contributed by atoms with Gasteiger partial charge in [-0.1, -0.05) is 0 Å². The monoisotopic (exact) mass is 570 g/mol. The summed E-state index contributed by atoms with van der Waals surface area (Å²) in [6.07, 6.45) is 0. The van der Waals surface area contributed by atoms with Gasteiger partial charge in [0.05, 0.1) is 0 Å². The van der Waals surface area contributed by atoms with E-state index in [9.17, 15) is 0 Å². The molecule has 0 saturated heterocycles. The summed E-state index contributed by atoms with van der Waals surface area (Å²) < 4.78 is 44.4. The first-order valence-electron chi connectivity index (χ1n) is 3.91. The average Bonchev–Trinajstić information content (AvgIpc) is 1.79. The molecule has 27 heteroatoms. The Balaban J connectivity index is -0.0000000238. The van der Waals surface area contributed by atoms with Crippen LogP contribution in [0.15, 0.2) is 0 Å². The van der Waals surface area contributed by atoms with E-state index in [4.69, 9.17) is 96.2 Å². The molecule has 0 heterocycles. The second-order valence-corrected chi connectivity index (χ2v) is 7.70. The molecule has 0 bridgehead atoms. The normalized spacial score (nSPS) is 10.9. The van der Waals surface area contributed by atoms with E-state index in [1.54, 1.807) is 0 Å². The summed E-state index contributed by atoms with van der Waals surface area (Å²) in [5.74, 6) is 0. The molecule has 0 aliphatic carbocycles. The maximum atomic E-state index is 8.88. The van der Waals surface area contributed by atoms with Crippen molar-refractivity contribution < 1.29 is 202 Å². The van der Waals surface area contributed by atoms with Crippen LogP contribution in [0.4, 0.5) is 0 Å². The number of phosphoric acid groups is 5. The van der Waals surface area contributed by atoms with E-state index in [0.717, 1.165) is 0 Å². The third-order valence-corrected chi connectivity index (χ3v) is 0. The fraction of sp³-hybridized carbons (Fsp3) is 0. The molecule has 0 aliphatic heterocycles. The van der Waals surface area contributed by atoms with Gasteiger partial charge in [0.25, 0.3) is 0 Å². The molecule has 20 nitrogen and oxygen atoms in total. The summed E-state index contributed by atoms with van der Waals surface area (Å²) in [6, 6.07) is 0. The van der Waals surface area contributed by atoms with Crippen LogP contribution in [0.1, 0.15) is 2.85 Å².